The highest BCUT2D eigenvalue weighted by atomic mass is 16.7. The van der Waals surface area contributed by atoms with E-state index in [1.165, 1.54) is 173 Å². The van der Waals surface area contributed by atoms with Crippen molar-refractivity contribution in [2.45, 2.75) is 326 Å². The average Bonchev–Trinajstić information content (AvgIpc) is 3.46. The highest BCUT2D eigenvalue weighted by Crippen LogP contribution is 2.23. The van der Waals surface area contributed by atoms with Crippen molar-refractivity contribution in [3.05, 3.63) is 72.9 Å². The Bertz CT molecular complexity index is 1540. The summed E-state index contributed by atoms with van der Waals surface area (Å²) in [6.45, 7) is 4.08. The lowest BCUT2D eigenvalue weighted by atomic mass is 9.99. The van der Waals surface area contributed by atoms with Crippen molar-refractivity contribution in [3.8, 4) is 0 Å². The number of esters is 1. The molecule has 1 rings (SSSR count). The molecule has 7 unspecified atom stereocenters. The van der Waals surface area contributed by atoms with Crippen LogP contribution in [-0.2, 0) is 23.8 Å². The Morgan fingerprint density at radius 3 is 1.41 bits per heavy atom. The number of unbranched alkanes of at least 4 members (excludes halogenated alkanes) is 33. The number of carbonyl (C=O) groups is 2. The summed E-state index contributed by atoms with van der Waals surface area (Å²) in [7, 11) is 0. The SMILES string of the molecule is C/C=C/CC/C=C/CC/C=C/C(O)C(COC1OC(CO)C(O)C(O)C1O)NC(=O)CCCCCCCCCCCCC/C=C\C/C=C\CCCCCCCCCCCOC(=O)CCCCCCC/C=C\CCCCCCCC. The second-order valence-corrected chi connectivity index (χ2v) is 22.5. The summed E-state index contributed by atoms with van der Waals surface area (Å²) >= 11 is 0. The Kier molecular flexibility index (Phi) is 53.4. The second kappa shape index (κ2) is 56.9. The third-order valence-electron chi connectivity index (χ3n) is 15.1. The van der Waals surface area contributed by atoms with Gasteiger partial charge in [-0.2, -0.15) is 0 Å². The van der Waals surface area contributed by atoms with E-state index in [0.717, 1.165) is 83.5 Å². The Hall–Kier alpha value is -2.90. The Balaban J connectivity index is 1.97. The van der Waals surface area contributed by atoms with Crippen LogP contribution < -0.4 is 5.32 Å². The molecule has 0 aromatic rings. The first-order valence-corrected chi connectivity index (χ1v) is 32.7. The van der Waals surface area contributed by atoms with Crippen LogP contribution in [0.5, 0.6) is 0 Å². The van der Waals surface area contributed by atoms with Gasteiger partial charge in [-0.3, -0.25) is 9.59 Å². The standard InChI is InChI=1S/C68H121NO10/c1-3-5-7-9-11-13-14-15-29-33-36-40-44-48-52-56-64(73)77-57-53-49-45-41-37-34-31-28-26-24-22-20-18-16-17-19-21-23-25-27-30-32-35-39-43-47-51-55-63(72)69-60(61(71)54-50-46-42-38-12-10-8-6-4-2)59-78-68-67(76)66(75)65(74)62(58-70)79-68/h4,6,12,15-17,20,22,29,38,50,54,60-62,65-68,70-71,74-76H,3,5,7-11,13-14,18-19,21,23-28,30-37,39-49,51-53,55-59H2,1-2H3,(H,69,72)/b6-4+,17-16-,22-20-,29-15-,38-12+,54-50+. The van der Waals surface area contributed by atoms with Gasteiger partial charge in [0.05, 0.1) is 32.0 Å². The van der Waals surface area contributed by atoms with Crippen LogP contribution in [-0.4, -0.2) is 100 Å². The second-order valence-electron chi connectivity index (χ2n) is 22.5. The Morgan fingerprint density at radius 2 is 0.911 bits per heavy atom. The molecule has 1 amide bonds. The minimum Gasteiger partial charge on any atom is -0.466 e. The number of ether oxygens (including phenoxy) is 3. The highest BCUT2D eigenvalue weighted by molar-refractivity contribution is 5.76. The van der Waals surface area contributed by atoms with Gasteiger partial charge in [-0.25, -0.2) is 0 Å². The molecule has 6 N–H and O–H groups in total. The van der Waals surface area contributed by atoms with Crippen LogP contribution >= 0.6 is 0 Å². The van der Waals surface area contributed by atoms with Gasteiger partial charge in [0.25, 0.3) is 0 Å². The number of nitrogens with one attached hydrogen (secondary N) is 1. The predicted octanol–water partition coefficient (Wildman–Crippen LogP) is 16.0. The van der Waals surface area contributed by atoms with Crippen molar-refractivity contribution >= 4 is 11.9 Å². The molecule has 1 saturated heterocycles. The zero-order valence-electron chi connectivity index (χ0n) is 50.6. The van der Waals surface area contributed by atoms with Gasteiger partial charge in [0.1, 0.15) is 24.4 Å². The fourth-order valence-corrected chi connectivity index (χ4v) is 9.91. The number of allylic oxidation sites excluding steroid dienone is 11. The third-order valence-corrected chi connectivity index (χ3v) is 15.1. The van der Waals surface area contributed by atoms with Gasteiger partial charge in [0, 0.05) is 12.8 Å². The van der Waals surface area contributed by atoms with Gasteiger partial charge in [0.2, 0.25) is 5.91 Å². The quantitative estimate of drug-likeness (QED) is 0.0195. The molecule has 7 atom stereocenters. The fraction of sp³-hybridized carbons (Fsp3) is 0.794. The first-order valence-electron chi connectivity index (χ1n) is 32.7. The first-order chi connectivity index (χ1) is 38.7. The molecule has 1 aliphatic rings. The van der Waals surface area contributed by atoms with Crippen LogP contribution in [0.1, 0.15) is 284 Å². The van der Waals surface area contributed by atoms with Crippen LogP contribution in [0.4, 0.5) is 0 Å². The maximum Gasteiger partial charge on any atom is 0.305 e. The number of hydrogen-bond acceptors (Lipinski definition) is 10. The van der Waals surface area contributed by atoms with Gasteiger partial charge in [-0.1, -0.05) is 234 Å². The van der Waals surface area contributed by atoms with E-state index < -0.39 is 49.5 Å². The molecule has 1 heterocycles. The monoisotopic (exact) mass is 1110 g/mol. The summed E-state index contributed by atoms with van der Waals surface area (Å²) in [6.07, 6.45) is 66.3. The summed E-state index contributed by atoms with van der Waals surface area (Å²) in [5, 5.41) is 54.2. The van der Waals surface area contributed by atoms with Crippen LogP contribution in [0, 0.1) is 0 Å². The molecule has 0 radical (unpaired) electrons. The van der Waals surface area contributed by atoms with Crippen molar-refractivity contribution in [1.82, 2.24) is 5.32 Å². The molecule has 79 heavy (non-hydrogen) atoms. The van der Waals surface area contributed by atoms with Crippen molar-refractivity contribution < 1.29 is 49.3 Å². The molecular formula is C68H121NO10. The molecule has 11 heteroatoms. The van der Waals surface area contributed by atoms with E-state index >= 15 is 0 Å². The van der Waals surface area contributed by atoms with Crippen molar-refractivity contribution in [3.63, 3.8) is 0 Å². The number of hydrogen-bond donors (Lipinski definition) is 6. The third kappa shape index (κ3) is 46.3. The summed E-state index contributed by atoms with van der Waals surface area (Å²) in [5.74, 6) is -0.212. The number of carbonyl (C=O) groups excluding carboxylic acids is 2. The summed E-state index contributed by atoms with van der Waals surface area (Å²) < 4.78 is 16.7. The lowest BCUT2D eigenvalue weighted by molar-refractivity contribution is -0.302. The maximum absolute atomic E-state index is 13.0. The van der Waals surface area contributed by atoms with Gasteiger partial charge >= 0.3 is 5.97 Å². The number of rotatable bonds is 56. The minimum absolute atomic E-state index is 0.00822. The first kappa shape index (κ1) is 74.1. The molecule has 0 aliphatic carbocycles. The van der Waals surface area contributed by atoms with Crippen molar-refractivity contribution in [2.24, 2.45) is 0 Å². The topological polar surface area (TPSA) is 175 Å². The van der Waals surface area contributed by atoms with Crippen LogP contribution in [0.15, 0.2) is 72.9 Å². The lowest BCUT2D eigenvalue weighted by Crippen LogP contribution is -2.60. The van der Waals surface area contributed by atoms with E-state index in [-0.39, 0.29) is 18.5 Å². The van der Waals surface area contributed by atoms with Gasteiger partial charge in [-0.05, 0) is 110 Å². The molecule has 0 aromatic carbocycles. The number of amides is 1. The minimum atomic E-state index is -1.58. The van der Waals surface area contributed by atoms with E-state index in [4.69, 9.17) is 14.2 Å². The molecule has 0 saturated carbocycles. The zero-order chi connectivity index (χ0) is 57.3. The molecule has 0 bridgehead atoms. The normalized spacial score (nSPS) is 18.9. The maximum atomic E-state index is 13.0. The smallest absolute Gasteiger partial charge is 0.305 e. The van der Waals surface area contributed by atoms with E-state index in [9.17, 15) is 35.1 Å². The van der Waals surface area contributed by atoms with E-state index in [1.807, 2.05) is 19.1 Å². The molecule has 1 fully saturated rings. The number of aliphatic hydroxyl groups is 5. The van der Waals surface area contributed by atoms with Crippen molar-refractivity contribution in [2.75, 3.05) is 19.8 Å². The summed E-state index contributed by atoms with van der Waals surface area (Å²) in [4.78, 5) is 25.1. The Morgan fingerprint density at radius 1 is 0.494 bits per heavy atom. The van der Waals surface area contributed by atoms with Gasteiger partial charge in [0.15, 0.2) is 6.29 Å². The Labute approximate surface area is 483 Å². The zero-order valence-corrected chi connectivity index (χ0v) is 50.6. The van der Waals surface area contributed by atoms with Crippen LogP contribution in [0.3, 0.4) is 0 Å². The van der Waals surface area contributed by atoms with Gasteiger partial charge < -0.3 is 45.1 Å². The fourth-order valence-electron chi connectivity index (χ4n) is 9.91. The largest absolute Gasteiger partial charge is 0.466 e. The molecule has 458 valence electrons. The van der Waals surface area contributed by atoms with Crippen LogP contribution in [0.2, 0.25) is 0 Å². The molecule has 0 spiro atoms. The summed E-state index contributed by atoms with van der Waals surface area (Å²) in [5.41, 5.74) is 0. The van der Waals surface area contributed by atoms with E-state index in [2.05, 4.69) is 66.9 Å². The van der Waals surface area contributed by atoms with E-state index in [0.29, 0.717) is 19.4 Å². The molecule has 11 nitrogen and oxygen atoms in total. The molecular weight excluding hydrogens is 991 g/mol. The van der Waals surface area contributed by atoms with Crippen LogP contribution in [0.25, 0.3) is 0 Å². The highest BCUT2D eigenvalue weighted by Gasteiger charge is 2.44. The molecule has 0 aromatic heterocycles. The summed E-state index contributed by atoms with van der Waals surface area (Å²) in [6, 6.07) is -0.837. The molecule has 1 aliphatic heterocycles. The van der Waals surface area contributed by atoms with Crippen molar-refractivity contribution in [1.29, 1.82) is 0 Å². The van der Waals surface area contributed by atoms with E-state index in [1.54, 1.807) is 6.08 Å². The number of aliphatic hydroxyl groups excluding tert-OH is 5. The average molecular weight is 1110 g/mol. The predicted molar refractivity (Wildman–Crippen MR) is 329 cm³/mol. The lowest BCUT2D eigenvalue weighted by Gasteiger charge is -2.40. The van der Waals surface area contributed by atoms with Gasteiger partial charge in [-0.15, -0.1) is 0 Å².